The molecule has 0 amide bonds. The van der Waals surface area contributed by atoms with Crippen LogP contribution in [0.5, 0.6) is 0 Å². The van der Waals surface area contributed by atoms with Gasteiger partial charge in [-0.25, -0.2) is 0 Å². The second-order valence-electron chi connectivity index (χ2n) is 18.2. The number of rotatable bonds is 46. The lowest BCUT2D eigenvalue weighted by Gasteiger charge is -2.33. The van der Waals surface area contributed by atoms with E-state index in [1.54, 1.807) is 0 Å². The van der Waals surface area contributed by atoms with Crippen molar-refractivity contribution >= 4 is 0 Å². The maximum absolute atomic E-state index is 2.74. The lowest BCUT2D eigenvalue weighted by atomic mass is 10.0. The Morgan fingerprint density at radius 3 is 0.648 bits per heavy atom. The Kier molecular flexibility index (Phi) is 41.3. The molecule has 1 rings (SSSR count). The fraction of sp³-hybridized carbons (Fsp3) is 0.962. The van der Waals surface area contributed by atoms with Crippen LogP contribution in [0, 0.1) is 0 Å². The van der Waals surface area contributed by atoms with Crippen molar-refractivity contribution in [1.82, 2.24) is 9.80 Å². The summed E-state index contributed by atoms with van der Waals surface area (Å²) in [5, 5.41) is 0. The molecule has 1 aliphatic rings. The molecular formula is C52H104N2. The fourth-order valence-electron chi connectivity index (χ4n) is 9.02. The van der Waals surface area contributed by atoms with Crippen LogP contribution in [-0.4, -0.2) is 29.1 Å². The number of nitrogens with zero attached hydrogens (tertiary/aromatic N) is 2. The van der Waals surface area contributed by atoms with Crippen LogP contribution in [0.1, 0.15) is 303 Å². The van der Waals surface area contributed by atoms with Gasteiger partial charge in [-0.3, -0.25) is 0 Å². The molecule has 2 nitrogen and oxygen atoms in total. The van der Waals surface area contributed by atoms with Gasteiger partial charge in [0.15, 0.2) is 0 Å². The summed E-state index contributed by atoms with van der Waals surface area (Å²) in [6, 6.07) is 0. The highest BCUT2D eigenvalue weighted by atomic mass is 15.4. The van der Waals surface area contributed by atoms with Gasteiger partial charge in [0.1, 0.15) is 6.17 Å². The Morgan fingerprint density at radius 2 is 0.426 bits per heavy atom. The number of hydrogen-bond donors (Lipinski definition) is 0. The Morgan fingerprint density at radius 1 is 0.241 bits per heavy atom. The minimum absolute atomic E-state index is 0.636. The van der Waals surface area contributed by atoms with Gasteiger partial charge in [-0.05, 0) is 25.7 Å². The summed E-state index contributed by atoms with van der Waals surface area (Å²) >= 11 is 0. The molecule has 1 heterocycles. The molecule has 0 spiro atoms. The van der Waals surface area contributed by atoms with Crippen molar-refractivity contribution in [1.29, 1.82) is 0 Å². The molecule has 0 atom stereocenters. The van der Waals surface area contributed by atoms with E-state index in [0.717, 1.165) is 0 Å². The Bertz CT molecular complexity index is 669. The van der Waals surface area contributed by atoms with E-state index in [1.165, 1.54) is 296 Å². The lowest BCUT2D eigenvalue weighted by molar-refractivity contribution is 0.135. The van der Waals surface area contributed by atoms with Gasteiger partial charge in [0, 0.05) is 25.5 Å². The Hall–Kier alpha value is -0.660. The van der Waals surface area contributed by atoms with E-state index < -0.39 is 0 Å². The molecule has 2 heteroatoms. The second kappa shape index (κ2) is 43.5. The first-order valence-electron chi connectivity index (χ1n) is 26.0. The van der Waals surface area contributed by atoms with Crippen molar-refractivity contribution in [2.24, 2.45) is 0 Å². The minimum atomic E-state index is 0.636. The molecule has 0 radical (unpaired) electrons. The highest BCUT2D eigenvalue weighted by molar-refractivity contribution is 4.97. The SMILES string of the molecule is CCCCCCCCCCCCCCCCCCCN1C=CN(CCCCCCCCCCCCCCCCCCC)C1CCCCCCCCCCC. The number of hydrogen-bond acceptors (Lipinski definition) is 2. The molecule has 0 saturated heterocycles. The summed E-state index contributed by atoms with van der Waals surface area (Å²) < 4.78 is 0. The highest BCUT2D eigenvalue weighted by Crippen LogP contribution is 2.24. The Balaban J connectivity index is 2.13. The zero-order valence-corrected chi connectivity index (χ0v) is 38.2. The topological polar surface area (TPSA) is 6.48 Å². The molecular weight excluding hydrogens is 653 g/mol. The maximum atomic E-state index is 2.74. The van der Waals surface area contributed by atoms with Crippen molar-refractivity contribution in [2.45, 2.75) is 309 Å². The van der Waals surface area contributed by atoms with Crippen LogP contribution in [0.25, 0.3) is 0 Å². The first-order valence-corrected chi connectivity index (χ1v) is 26.0. The van der Waals surface area contributed by atoms with E-state index in [1.807, 2.05) is 0 Å². The Labute approximate surface area is 343 Å². The van der Waals surface area contributed by atoms with Crippen molar-refractivity contribution in [3.63, 3.8) is 0 Å². The second-order valence-corrected chi connectivity index (χ2v) is 18.2. The van der Waals surface area contributed by atoms with Crippen molar-refractivity contribution < 1.29 is 0 Å². The highest BCUT2D eigenvalue weighted by Gasteiger charge is 2.25. The zero-order valence-electron chi connectivity index (χ0n) is 38.2. The van der Waals surface area contributed by atoms with Gasteiger partial charge in [0.05, 0.1) is 0 Å². The van der Waals surface area contributed by atoms with Crippen molar-refractivity contribution in [3.05, 3.63) is 12.4 Å². The standard InChI is InChI=1S/C52H104N2/c1-4-7-10-13-16-19-21-23-25-27-29-31-33-36-39-42-45-48-53-50-51-54(52(53)47-44-41-38-35-18-15-12-9-6-3)49-46-43-40-37-34-32-30-28-26-24-22-20-17-14-11-8-5-2/h50-52H,4-49H2,1-3H3. The predicted molar refractivity (Wildman–Crippen MR) is 247 cm³/mol. The summed E-state index contributed by atoms with van der Waals surface area (Å²) in [5.74, 6) is 0. The molecule has 0 N–H and O–H groups in total. The third kappa shape index (κ3) is 34.6. The molecule has 0 bridgehead atoms. The van der Waals surface area contributed by atoms with E-state index in [-0.39, 0.29) is 0 Å². The molecule has 1 aliphatic heterocycles. The van der Waals surface area contributed by atoms with E-state index >= 15 is 0 Å². The molecule has 54 heavy (non-hydrogen) atoms. The maximum Gasteiger partial charge on any atom is 0.101 e. The summed E-state index contributed by atoms with van der Waals surface area (Å²) in [6.45, 7) is 9.50. The summed E-state index contributed by atoms with van der Waals surface area (Å²) in [4.78, 5) is 5.48. The molecule has 0 aromatic carbocycles. The fourth-order valence-corrected chi connectivity index (χ4v) is 9.02. The van der Waals surface area contributed by atoms with Crippen LogP contribution in [0.2, 0.25) is 0 Å². The molecule has 0 aliphatic carbocycles. The average Bonchev–Trinajstić information content (AvgIpc) is 3.57. The van der Waals surface area contributed by atoms with Gasteiger partial charge in [-0.1, -0.05) is 278 Å². The minimum Gasteiger partial charge on any atom is -0.356 e. The van der Waals surface area contributed by atoms with Crippen LogP contribution in [0.15, 0.2) is 12.4 Å². The monoisotopic (exact) mass is 757 g/mol. The lowest BCUT2D eigenvalue weighted by Crippen LogP contribution is -2.39. The summed E-state index contributed by atoms with van der Waals surface area (Å²) in [5.41, 5.74) is 0. The normalized spacial score (nSPS) is 13.3. The first-order chi connectivity index (χ1) is 26.8. The van der Waals surface area contributed by atoms with Gasteiger partial charge in [-0.2, -0.15) is 0 Å². The van der Waals surface area contributed by atoms with E-state index in [9.17, 15) is 0 Å². The zero-order chi connectivity index (χ0) is 38.7. The molecule has 0 saturated carbocycles. The first kappa shape index (κ1) is 51.4. The molecule has 322 valence electrons. The number of unbranched alkanes of at least 4 members (excludes halogenated alkanes) is 40. The predicted octanol–water partition coefficient (Wildman–Crippen LogP) is 18.6. The van der Waals surface area contributed by atoms with Crippen LogP contribution in [0.4, 0.5) is 0 Å². The van der Waals surface area contributed by atoms with Crippen molar-refractivity contribution in [3.8, 4) is 0 Å². The van der Waals surface area contributed by atoms with E-state index in [0.29, 0.717) is 6.17 Å². The summed E-state index contributed by atoms with van der Waals surface area (Å²) in [6.07, 6.45) is 69.4. The largest absolute Gasteiger partial charge is 0.356 e. The molecule has 0 fully saturated rings. The van der Waals surface area contributed by atoms with E-state index in [2.05, 4.69) is 43.0 Å². The smallest absolute Gasteiger partial charge is 0.101 e. The van der Waals surface area contributed by atoms with Crippen LogP contribution < -0.4 is 0 Å². The van der Waals surface area contributed by atoms with Crippen LogP contribution in [-0.2, 0) is 0 Å². The molecule has 0 unspecified atom stereocenters. The molecule has 0 aromatic rings. The van der Waals surface area contributed by atoms with Crippen LogP contribution in [0.3, 0.4) is 0 Å². The summed E-state index contributed by atoms with van der Waals surface area (Å²) in [7, 11) is 0. The van der Waals surface area contributed by atoms with Crippen LogP contribution >= 0.6 is 0 Å². The van der Waals surface area contributed by atoms with E-state index in [4.69, 9.17) is 0 Å². The van der Waals surface area contributed by atoms with Gasteiger partial charge in [0.2, 0.25) is 0 Å². The average molecular weight is 757 g/mol. The third-order valence-corrected chi connectivity index (χ3v) is 12.8. The molecule has 0 aromatic heterocycles. The van der Waals surface area contributed by atoms with Gasteiger partial charge in [-0.15, -0.1) is 0 Å². The van der Waals surface area contributed by atoms with Gasteiger partial charge >= 0.3 is 0 Å². The van der Waals surface area contributed by atoms with Gasteiger partial charge in [0.25, 0.3) is 0 Å². The quantitative estimate of drug-likeness (QED) is 0.0571. The van der Waals surface area contributed by atoms with Gasteiger partial charge < -0.3 is 9.80 Å². The van der Waals surface area contributed by atoms with Crippen molar-refractivity contribution in [2.75, 3.05) is 13.1 Å². The third-order valence-electron chi connectivity index (χ3n) is 12.8.